The van der Waals surface area contributed by atoms with E-state index in [1.54, 1.807) is 18.4 Å². The molecule has 0 bridgehead atoms. The van der Waals surface area contributed by atoms with Crippen LogP contribution in [0.3, 0.4) is 0 Å². The normalized spacial score (nSPS) is 10.5. The first-order valence-electron chi connectivity index (χ1n) is 7.66. The zero-order valence-electron chi connectivity index (χ0n) is 13.7. The summed E-state index contributed by atoms with van der Waals surface area (Å²) in [4.78, 5) is 5.66. The van der Waals surface area contributed by atoms with Crippen molar-refractivity contribution < 1.29 is 9.47 Å². The van der Waals surface area contributed by atoms with E-state index < -0.39 is 0 Å². The van der Waals surface area contributed by atoms with Gasteiger partial charge in [-0.15, -0.1) is 0 Å². The van der Waals surface area contributed by atoms with Crippen molar-refractivity contribution in [3.63, 3.8) is 0 Å². The molecule has 1 aromatic carbocycles. The number of hydrogen-bond acceptors (Lipinski definition) is 5. The molecule has 1 heterocycles. The Bertz CT molecular complexity index is 611. The molecule has 1 N–H and O–H groups in total. The van der Waals surface area contributed by atoms with Crippen molar-refractivity contribution >= 4 is 16.5 Å². The molecule has 22 heavy (non-hydrogen) atoms. The van der Waals surface area contributed by atoms with Gasteiger partial charge in [-0.2, -0.15) is 0 Å². The van der Waals surface area contributed by atoms with Gasteiger partial charge in [-0.1, -0.05) is 31.1 Å². The number of aryl methyl sites for hydroxylation is 1. The van der Waals surface area contributed by atoms with Crippen molar-refractivity contribution in [2.75, 3.05) is 26.1 Å². The maximum atomic E-state index is 5.91. The number of rotatable bonds is 8. The highest BCUT2D eigenvalue weighted by atomic mass is 32.1. The smallest absolute Gasteiger partial charge is 0.183 e. The summed E-state index contributed by atoms with van der Waals surface area (Å²) in [5.74, 6) is 1.58. The molecule has 0 aliphatic rings. The molecule has 0 aliphatic heterocycles. The first-order chi connectivity index (χ1) is 10.7. The Hall–Kier alpha value is -1.75. The first-order valence-corrected chi connectivity index (χ1v) is 8.47. The van der Waals surface area contributed by atoms with Crippen LogP contribution in [0.2, 0.25) is 0 Å². The molecule has 0 saturated heterocycles. The van der Waals surface area contributed by atoms with E-state index in [1.807, 2.05) is 26.1 Å². The van der Waals surface area contributed by atoms with Gasteiger partial charge in [0.25, 0.3) is 0 Å². The topological polar surface area (TPSA) is 43.4 Å². The average Bonchev–Trinajstić information content (AvgIpc) is 2.92. The molecule has 0 spiro atoms. The zero-order valence-corrected chi connectivity index (χ0v) is 14.5. The molecule has 0 amide bonds. The van der Waals surface area contributed by atoms with E-state index in [0.717, 1.165) is 45.8 Å². The molecule has 0 unspecified atom stereocenters. The summed E-state index contributed by atoms with van der Waals surface area (Å²) in [6, 6.07) is 6.06. The number of thiazole rings is 1. The van der Waals surface area contributed by atoms with Gasteiger partial charge in [-0.25, -0.2) is 4.98 Å². The number of benzene rings is 1. The number of nitrogens with one attached hydrogen (secondary N) is 1. The van der Waals surface area contributed by atoms with E-state index in [1.165, 1.54) is 12.8 Å². The van der Waals surface area contributed by atoms with E-state index in [-0.39, 0.29) is 0 Å². The van der Waals surface area contributed by atoms with Crippen LogP contribution < -0.4 is 14.8 Å². The highest BCUT2D eigenvalue weighted by Crippen LogP contribution is 2.37. The molecule has 0 atom stereocenters. The lowest BCUT2D eigenvalue weighted by molar-refractivity contribution is 0.286. The first kappa shape index (κ1) is 16.6. The summed E-state index contributed by atoms with van der Waals surface area (Å²) in [6.07, 6.45) is 3.43. The lowest BCUT2D eigenvalue weighted by Gasteiger charge is -2.12. The maximum absolute atomic E-state index is 5.91. The summed E-state index contributed by atoms with van der Waals surface area (Å²) >= 11 is 1.65. The van der Waals surface area contributed by atoms with E-state index >= 15 is 0 Å². The Morgan fingerprint density at radius 1 is 1.23 bits per heavy atom. The van der Waals surface area contributed by atoms with Crippen LogP contribution >= 0.6 is 11.3 Å². The molecule has 1 aromatic heterocycles. The molecule has 2 aromatic rings. The van der Waals surface area contributed by atoms with E-state index in [4.69, 9.17) is 9.47 Å². The average molecular weight is 320 g/mol. The minimum atomic E-state index is 0.719. The van der Waals surface area contributed by atoms with Gasteiger partial charge in [-0.3, -0.25) is 0 Å². The van der Waals surface area contributed by atoms with Crippen molar-refractivity contribution in [3.05, 3.63) is 23.9 Å². The van der Waals surface area contributed by atoms with E-state index in [0.29, 0.717) is 0 Å². The van der Waals surface area contributed by atoms with Gasteiger partial charge in [0.1, 0.15) is 0 Å². The van der Waals surface area contributed by atoms with Crippen molar-refractivity contribution in [1.29, 1.82) is 0 Å². The number of ether oxygens (including phenoxy) is 2. The second kappa shape index (κ2) is 8.03. The molecule has 0 saturated carbocycles. The Morgan fingerprint density at radius 3 is 2.68 bits per heavy atom. The lowest BCUT2D eigenvalue weighted by Crippen LogP contribution is -1.99. The monoisotopic (exact) mass is 320 g/mol. The summed E-state index contributed by atoms with van der Waals surface area (Å²) < 4.78 is 11.3. The molecular weight excluding hydrogens is 296 g/mol. The van der Waals surface area contributed by atoms with Crippen molar-refractivity contribution in [1.82, 2.24) is 4.98 Å². The molecule has 0 aliphatic carbocycles. The van der Waals surface area contributed by atoms with E-state index in [2.05, 4.69) is 23.3 Å². The van der Waals surface area contributed by atoms with Crippen LogP contribution in [0.4, 0.5) is 5.13 Å². The van der Waals surface area contributed by atoms with Gasteiger partial charge in [0, 0.05) is 7.05 Å². The predicted molar refractivity (Wildman–Crippen MR) is 93.4 cm³/mol. The Morgan fingerprint density at radius 2 is 2.05 bits per heavy atom. The molecule has 0 fully saturated rings. The van der Waals surface area contributed by atoms with Gasteiger partial charge in [0.05, 0.1) is 24.3 Å². The number of aromatic nitrogens is 1. The van der Waals surface area contributed by atoms with Crippen molar-refractivity contribution in [2.45, 2.75) is 33.1 Å². The third-order valence-corrected chi connectivity index (χ3v) is 4.67. The summed E-state index contributed by atoms with van der Waals surface area (Å²) in [5, 5.41) is 4.02. The molecule has 4 nitrogen and oxygen atoms in total. The van der Waals surface area contributed by atoms with Crippen LogP contribution in [-0.4, -0.2) is 25.7 Å². The Kier molecular flexibility index (Phi) is 6.07. The third kappa shape index (κ3) is 3.91. The summed E-state index contributed by atoms with van der Waals surface area (Å²) in [6.45, 7) is 4.93. The van der Waals surface area contributed by atoms with Crippen molar-refractivity contribution in [3.8, 4) is 21.9 Å². The number of anilines is 1. The minimum absolute atomic E-state index is 0.719. The molecule has 120 valence electrons. The summed E-state index contributed by atoms with van der Waals surface area (Å²) in [5.41, 5.74) is 2.14. The third-order valence-electron chi connectivity index (χ3n) is 3.44. The second-order valence-corrected chi connectivity index (χ2v) is 6.10. The Balaban J connectivity index is 2.23. The fourth-order valence-corrected chi connectivity index (χ4v) is 3.15. The van der Waals surface area contributed by atoms with Crippen molar-refractivity contribution in [2.24, 2.45) is 0 Å². The number of unbranched alkanes of at least 4 members (excludes halogenated alkanes) is 2. The van der Waals surface area contributed by atoms with Crippen LogP contribution in [0.1, 0.15) is 31.9 Å². The van der Waals surface area contributed by atoms with Crippen LogP contribution in [0.5, 0.6) is 11.5 Å². The fourth-order valence-electron chi connectivity index (χ4n) is 2.24. The number of methoxy groups -OCH3 is 1. The highest BCUT2D eigenvalue weighted by molar-refractivity contribution is 7.19. The molecule has 2 rings (SSSR count). The second-order valence-electron chi connectivity index (χ2n) is 5.10. The van der Waals surface area contributed by atoms with Gasteiger partial charge >= 0.3 is 0 Å². The molecular formula is C17H24N2O2S. The quantitative estimate of drug-likeness (QED) is 0.714. The van der Waals surface area contributed by atoms with Crippen LogP contribution in [-0.2, 0) is 0 Å². The van der Waals surface area contributed by atoms with Crippen LogP contribution in [0.25, 0.3) is 10.4 Å². The molecule has 5 heteroatoms. The van der Waals surface area contributed by atoms with E-state index in [9.17, 15) is 0 Å². The van der Waals surface area contributed by atoms with Gasteiger partial charge in [0.2, 0.25) is 0 Å². The maximum Gasteiger partial charge on any atom is 0.183 e. The lowest BCUT2D eigenvalue weighted by atomic mass is 10.1. The Labute approximate surface area is 136 Å². The minimum Gasteiger partial charge on any atom is -0.493 e. The number of nitrogens with zero attached hydrogens (tertiary/aromatic N) is 1. The predicted octanol–water partition coefficient (Wildman–Crippen LogP) is 4.74. The largest absolute Gasteiger partial charge is 0.493 e. The zero-order chi connectivity index (χ0) is 15.9. The van der Waals surface area contributed by atoms with Gasteiger partial charge in [-0.05, 0) is 37.1 Å². The molecule has 0 radical (unpaired) electrons. The van der Waals surface area contributed by atoms with Crippen LogP contribution in [0.15, 0.2) is 18.2 Å². The fraction of sp³-hybridized carbons (Fsp3) is 0.471. The van der Waals surface area contributed by atoms with Crippen LogP contribution in [0, 0.1) is 6.92 Å². The SMILES string of the molecule is CCCCCOc1cc(-c2sc(NC)nc2C)ccc1OC. The number of hydrogen-bond donors (Lipinski definition) is 1. The van der Waals surface area contributed by atoms with Gasteiger partial charge in [0.15, 0.2) is 16.6 Å². The van der Waals surface area contributed by atoms with Gasteiger partial charge < -0.3 is 14.8 Å². The highest BCUT2D eigenvalue weighted by Gasteiger charge is 2.12. The standard InChI is InChI=1S/C17H24N2O2S/c1-5-6-7-10-21-15-11-13(8-9-14(15)20-4)16-12(2)19-17(18-3)22-16/h8-9,11H,5-7,10H2,1-4H3,(H,18,19). The summed E-state index contributed by atoms with van der Waals surface area (Å²) in [7, 11) is 3.56.